The first-order chi connectivity index (χ1) is 11.5. The molecule has 1 fully saturated rings. The van der Waals surface area contributed by atoms with Crippen LogP contribution in [0.1, 0.15) is 44.7 Å². The molecule has 2 amide bonds. The van der Waals surface area contributed by atoms with E-state index in [1.807, 2.05) is 24.3 Å². The largest absolute Gasteiger partial charge is 0.366 e. The summed E-state index contributed by atoms with van der Waals surface area (Å²) in [4.78, 5) is 24.7. The smallest absolute Gasteiger partial charge is 0.248 e. The summed E-state index contributed by atoms with van der Waals surface area (Å²) < 4.78 is 0. The van der Waals surface area contributed by atoms with Gasteiger partial charge in [-0.15, -0.1) is 0 Å². The number of carbonyl (C=O) groups is 2. The Morgan fingerprint density at radius 1 is 0.792 bits per heavy atom. The van der Waals surface area contributed by atoms with Crippen LogP contribution in [0, 0.1) is 0 Å². The number of primary amides is 2. The third-order valence-electron chi connectivity index (χ3n) is 4.31. The van der Waals surface area contributed by atoms with E-state index in [4.69, 9.17) is 11.5 Å². The molecule has 1 aliphatic carbocycles. The number of hydrogen-bond donors (Lipinski definition) is 2. The third kappa shape index (κ3) is 4.00. The molecule has 0 spiro atoms. The maximum absolute atomic E-state index is 11.1. The Balaban J connectivity index is 1.68. The van der Waals surface area contributed by atoms with Gasteiger partial charge >= 0.3 is 0 Å². The zero-order valence-corrected chi connectivity index (χ0v) is 13.4. The molecule has 5 heteroatoms. The second-order valence-corrected chi connectivity index (χ2v) is 6.26. The van der Waals surface area contributed by atoms with Crippen LogP contribution in [0.4, 0.5) is 0 Å². The number of carbonyl (C=O) groups excluding carboxylic acids is 2. The molecule has 0 aliphatic heterocycles. The molecule has 2 aromatic rings. The summed E-state index contributed by atoms with van der Waals surface area (Å²) in [5, 5.41) is 0. The molecule has 0 unspecified atom stereocenters. The van der Waals surface area contributed by atoms with Crippen LogP contribution in [0.15, 0.2) is 48.5 Å². The summed E-state index contributed by atoms with van der Waals surface area (Å²) in [7, 11) is 0. The van der Waals surface area contributed by atoms with Crippen molar-refractivity contribution in [1.29, 1.82) is 0 Å². The van der Waals surface area contributed by atoms with Gasteiger partial charge in [0.25, 0.3) is 0 Å². The Kier molecular flexibility index (Phi) is 4.62. The van der Waals surface area contributed by atoms with Crippen molar-refractivity contribution in [2.45, 2.75) is 32.0 Å². The number of rotatable bonds is 7. The Labute approximate surface area is 141 Å². The van der Waals surface area contributed by atoms with E-state index in [1.165, 1.54) is 12.8 Å². The maximum Gasteiger partial charge on any atom is 0.248 e. The van der Waals surface area contributed by atoms with E-state index < -0.39 is 11.8 Å². The zero-order chi connectivity index (χ0) is 17.1. The van der Waals surface area contributed by atoms with Crippen molar-refractivity contribution < 1.29 is 9.59 Å². The monoisotopic (exact) mass is 323 g/mol. The zero-order valence-electron chi connectivity index (χ0n) is 13.4. The van der Waals surface area contributed by atoms with Gasteiger partial charge in [0.05, 0.1) is 0 Å². The van der Waals surface area contributed by atoms with Crippen molar-refractivity contribution in [3.8, 4) is 0 Å². The predicted octanol–water partition coefficient (Wildman–Crippen LogP) is 2.05. The van der Waals surface area contributed by atoms with Crippen LogP contribution in [0.25, 0.3) is 0 Å². The average Bonchev–Trinajstić information content (AvgIpc) is 3.40. The molecule has 0 atom stereocenters. The molecule has 124 valence electrons. The molecular weight excluding hydrogens is 302 g/mol. The van der Waals surface area contributed by atoms with Gasteiger partial charge in [0.1, 0.15) is 0 Å². The summed E-state index contributed by atoms with van der Waals surface area (Å²) in [5.74, 6) is -0.815. The molecular formula is C19H21N3O2. The maximum atomic E-state index is 11.1. The van der Waals surface area contributed by atoms with Crippen LogP contribution in [0.3, 0.4) is 0 Å². The standard InChI is InChI=1S/C19H21N3O2/c20-18(23)15-5-1-13(2-6-15)11-22(17-9-10-17)12-14-3-7-16(8-4-14)19(21)24/h1-8,17H,9-12H2,(H2,20,23)(H2,21,24). The summed E-state index contributed by atoms with van der Waals surface area (Å²) >= 11 is 0. The molecule has 0 heterocycles. The van der Waals surface area contributed by atoms with Crippen LogP contribution in [0.2, 0.25) is 0 Å². The van der Waals surface area contributed by atoms with E-state index in [0.29, 0.717) is 17.2 Å². The van der Waals surface area contributed by atoms with Gasteiger partial charge in [-0.1, -0.05) is 24.3 Å². The van der Waals surface area contributed by atoms with E-state index >= 15 is 0 Å². The van der Waals surface area contributed by atoms with Crippen molar-refractivity contribution in [1.82, 2.24) is 4.90 Å². The number of amides is 2. The Bertz CT molecular complexity index is 675. The molecule has 0 bridgehead atoms. The predicted molar refractivity (Wildman–Crippen MR) is 92.2 cm³/mol. The number of benzene rings is 2. The molecule has 1 saturated carbocycles. The highest BCUT2D eigenvalue weighted by atomic mass is 16.1. The lowest BCUT2D eigenvalue weighted by Gasteiger charge is -2.22. The fourth-order valence-corrected chi connectivity index (χ4v) is 2.77. The highest BCUT2D eigenvalue weighted by molar-refractivity contribution is 5.93. The summed E-state index contributed by atoms with van der Waals surface area (Å²) in [5.41, 5.74) is 13.9. The van der Waals surface area contributed by atoms with Gasteiger partial charge in [0, 0.05) is 30.3 Å². The third-order valence-corrected chi connectivity index (χ3v) is 4.31. The second kappa shape index (κ2) is 6.84. The van der Waals surface area contributed by atoms with Crippen LogP contribution >= 0.6 is 0 Å². The Morgan fingerprint density at radius 3 is 1.46 bits per heavy atom. The minimum atomic E-state index is -0.407. The molecule has 3 rings (SSSR count). The van der Waals surface area contributed by atoms with E-state index in [2.05, 4.69) is 4.90 Å². The van der Waals surface area contributed by atoms with E-state index in [9.17, 15) is 9.59 Å². The van der Waals surface area contributed by atoms with Gasteiger partial charge in [-0.3, -0.25) is 14.5 Å². The minimum Gasteiger partial charge on any atom is -0.366 e. The molecule has 0 saturated heterocycles. The van der Waals surface area contributed by atoms with Crippen molar-refractivity contribution in [3.05, 3.63) is 70.8 Å². The van der Waals surface area contributed by atoms with Crippen LogP contribution in [-0.2, 0) is 13.1 Å². The lowest BCUT2D eigenvalue weighted by atomic mass is 10.1. The van der Waals surface area contributed by atoms with Crippen molar-refractivity contribution in [3.63, 3.8) is 0 Å². The van der Waals surface area contributed by atoms with Crippen LogP contribution < -0.4 is 11.5 Å². The molecule has 5 nitrogen and oxygen atoms in total. The van der Waals surface area contributed by atoms with Crippen molar-refractivity contribution in [2.75, 3.05) is 0 Å². The van der Waals surface area contributed by atoms with Gasteiger partial charge in [0.2, 0.25) is 11.8 Å². The van der Waals surface area contributed by atoms with Crippen molar-refractivity contribution in [2.24, 2.45) is 11.5 Å². The van der Waals surface area contributed by atoms with Gasteiger partial charge in [-0.25, -0.2) is 0 Å². The fraction of sp³-hybridized carbons (Fsp3) is 0.263. The molecule has 2 aromatic carbocycles. The lowest BCUT2D eigenvalue weighted by molar-refractivity contribution is 0.0992. The van der Waals surface area contributed by atoms with Gasteiger partial charge in [-0.2, -0.15) is 0 Å². The Hall–Kier alpha value is -2.66. The van der Waals surface area contributed by atoms with E-state index in [1.54, 1.807) is 24.3 Å². The SMILES string of the molecule is NC(=O)c1ccc(CN(Cc2ccc(C(N)=O)cc2)C2CC2)cc1. The highest BCUT2D eigenvalue weighted by Crippen LogP contribution is 2.30. The van der Waals surface area contributed by atoms with Crippen LogP contribution in [-0.4, -0.2) is 22.8 Å². The fourth-order valence-electron chi connectivity index (χ4n) is 2.77. The number of nitrogens with zero attached hydrogens (tertiary/aromatic N) is 1. The molecule has 0 radical (unpaired) electrons. The molecule has 0 aromatic heterocycles. The van der Waals surface area contributed by atoms with Crippen LogP contribution in [0.5, 0.6) is 0 Å². The molecule has 4 N–H and O–H groups in total. The second-order valence-electron chi connectivity index (χ2n) is 6.26. The topological polar surface area (TPSA) is 89.4 Å². The number of nitrogens with two attached hydrogens (primary N) is 2. The van der Waals surface area contributed by atoms with E-state index in [-0.39, 0.29) is 0 Å². The lowest BCUT2D eigenvalue weighted by Crippen LogP contribution is -2.25. The van der Waals surface area contributed by atoms with Gasteiger partial charge in [-0.05, 0) is 48.2 Å². The van der Waals surface area contributed by atoms with Gasteiger partial charge in [0.15, 0.2) is 0 Å². The summed E-state index contributed by atoms with van der Waals surface area (Å²) in [6.07, 6.45) is 2.41. The first-order valence-electron chi connectivity index (χ1n) is 8.04. The Morgan fingerprint density at radius 2 is 1.17 bits per heavy atom. The van der Waals surface area contributed by atoms with Gasteiger partial charge < -0.3 is 11.5 Å². The molecule has 1 aliphatic rings. The first-order valence-corrected chi connectivity index (χ1v) is 8.04. The highest BCUT2D eigenvalue weighted by Gasteiger charge is 2.28. The average molecular weight is 323 g/mol. The molecule has 24 heavy (non-hydrogen) atoms. The van der Waals surface area contributed by atoms with E-state index in [0.717, 1.165) is 24.2 Å². The summed E-state index contributed by atoms with van der Waals surface area (Å²) in [6.45, 7) is 1.64. The first kappa shape index (κ1) is 16.2. The summed E-state index contributed by atoms with van der Waals surface area (Å²) in [6, 6.07) is 15.5. The van der Waals surface area contributed by atoms with Crippen molar-refractivity contribution >= 4 is 11.8 Å². The minimum absolute atomic E-state index is 0.407. The normalized spacial score (nSPS) is 13.9. The quantitative estimate of drug-likeness (QED) is 0.817. The number of hydrogen-bond acceptors (Lipinski definition) is 3.